The van der Waals surface area contributed by atoms with Crippen LogP contribution in [0, 0.1) is 11.3 Å². The van der Waals surface area contributed by atoms with E-state index in [-0.39, 0.29) is 6.54 Å². The first-order valence-corrected chi connectivity index (χ1v) is 7.72. The minimum Gasteiger partial charge on any atom is -0.319 e. The van der Waals surface area contributed by atoms with E-state index < -0.39 is 17.5 Å². The second kappa shape index (κ2) is 5.99. The average molecular weight is 340 g/mol. The van der Waals surface area contributed by atoms with Crippen LogP contribution in [0.2, 0.25) is 5.02 Å². The van der Waals surface area contributed by atoms with Crippen molar-refractivity contribution in [3.8, 4) is 6.07 Å². The van der Waals surface area contributed by atoms with E-state index in [2.05, 4.69) is 11.4 Å². The highest BCUT2D eigenvalue weighted by Crippen LogP contribution is 2.34. The number of rotatable bonds is 3. The number of carbonyl (C=O) groups excluding carboxylic acids is 2. The van der Waals surface area contributed by atoms with Gasteiger partial charge in [0, 0.05) is 10.6 Å². The van der Waals surface area contributed by atoms with Crippen molar-refractivity contribution in [3.05, 3.63) is 70.2 Å². The molecule has 1 aliphatic heterocycles. The largest absolute Gasteiger partial charge is 0.325 e. The Morgan fingerprint density at radius 3 is 2.54 bits per heavy atom. The molecule has 1 fully saturated rings. The number of hydrogen-bond acceptors (Lipinski definition) is 3. The highest BCUT2D eigenvalue weighted by atomic mass is 35.5. The number of nitriles is 1. The molecule has 1 heterocycles. The second-order valence-electron chi connectivity index (χ2n) is 5.70. The van der Waals surface area contributed by atoms with Crippen molar-refractivity contribution >= 4 is 23.5 Å². The molecule has 6 heteroatoms. The molecule has 0 aliphatic carbocycles. The van der Waals surface area contributed by atoms with Crippen molar-refractivity contribution in [1.29, 1.82) is 5.26 Å². The Balaban J connectivity index is 1.96. The quantitative estimate of drug-likeness (QED) is 0.873. The summed E-state index contributed by atoms with van der Waals surface area (Å²) < 4.78 is 0. The third kappa shape index (κ3) is 2.51. The predicted molar refractivity (Wildman–Crippen MR) is 89.0 cm³/mol. The molecule has 0 spiro atoms. The number of benzene rings is 2. The first-order chi connectivity index (χ1) is 11.5. The lowest BCUT2D eigenvalue weighted by Gasteiger charge is -2.23. The molecule has 1 N–H and O–H groups in total. The van der Waals surface area contributed by atoms with E-state index in [0.717, 1.165) is 4.90 Å². The van der Waals surface area contributed by atoms with Crippen molar-refractivity contribution in [2.24, 2.45) is 0 Å². The molecule has 0 saturated carbocycles. The maximum absolute atomic E-state index is 12.9. The van der Waals surface area contributed by atoms with Gasteiger partial charge in [0.05, 0.1) is 18.2 Å². The summed E-state index contributed by atoms with van der Waals surface area (Å²) in [6.45, 7) is 1.67. The highest BCUT2D eigenvalue weighted by molar-refractivity contribution is 6.32. The van der Waals surface area contributed by atoms with Crippen molar-refractivity contribution in [3.63, 3.8) is 0 Å². The SMILES string of the molecule is C[C@@]1(c2ccccc2Cl)NC(=O)N(Cc2ccccc2C#N)C1=O. The predicted octanol–water partition coefficient (Wildman–Crippen LogP) is 3.18. The fraction of sp³-hybridized carbons (Fsp3) is 0.167. The van der Waals surface area contributed by atoms with E-state index in [1.54, 1.807) is 55.5 Å². The van der Waals surface area contributed by atoms with Gasteiger partial charge >= 0.3 is 6.03 Å². The number of carbonyl (C=O) groups is 2. The molecule has 3 amide bonds. The number of imide groups is 1. The number of amides is 3. The number of hydrogen-bond donors (Lipinski definition) is 1. The fourth-order valence-corrected chi connectivity index (χ4v) is 3.15. The van der Waals surface area contributed by atoms with E-state index in [0.29, 0.717) is 21.7 Å². The smallest absolute Gasteiger partial charge is 0.319 e. The lowest BCUT2D eigenvalue weighted by atomic mass is 9.92. The highest BCUT2D eigenvalue weighted by Gasteiger charge is 2.49. The fourth-order valence-electron chi connectivity index (χ4n) is 2.83. The maximum Gasteiger partial charge on any atom is 0.325 e. The third-order valence-electron chi connectivity index (χ3n) is 4.15. The van der Waals surface area contributed by atoms with Crippen LogP contribution in [0.15, 0.2) is 48.5 Å². The molecule has 1 saturated heterocycles. The van der Waals surface area contributed by atoms with Gasteiger partial charge in [0.1, 0.15) is 5.54 Å². The normalized spacial score (nSPS) is 20.0. The summed E-state index contributed by atoms with van der Waals surface area (Å²) in [6, 6.07) is 15.4. The van der Waals surface area contributed by atoms with Crippen molar-refractivity contribution in [1.82, 2.24) is 10.2 Å². The van der Waals surface area contributed by atoms with Gasteiger partial charge in [-0.2, -0.15) is 5.26 Å². The molecule has 1 aliphatic rings. The molecule has 24 heavy (non-hydrogen) atoms. The second-order valence-corrected chi connectivity index (χ2v) is 6.10. The lowest BCUT2D eigenvalue weighted by molar-refractivity contribution is -0.131. The van der Waals surface area contributed by atoms with Gasteiger partial charge in [-0.15, -0.1) is 0 Å². The summed E-state index contributed by atoms with van der Waals surface area (Å²) in [7, 11) is 0. The van der Waals surface area contributed by atoms with Gasteiger partial charge in [0.15, 0.2) is 0 Å². The molecular weight excluding hydrogens is 326 g/mol. The molecule has 0 bridgehead atoms. The van der Waals surface area contributed by atoms with Crippen molar-refractivity contribution < 1.29 is 9.59 Å². The number of nitrogens with zero attached hydrogens (tertiary/aromatic N) is 2. The number of nitrogens with one attached hydrogen (secondary N) is 1. The summed E-state index contributed by atoms with van der Waals surface area (Å²) in [5.41, 5.74) is 0.370. The van der Waals surface area contributed by atoms with Crippen LogP contribution in [0.1, 0.15) is 23.6 Å². The molecule has 0 radical (unpaired) electrons. The Labute approximate surface area is 144 Å². The zero-order valence-corrected chi connectivity index (χ0v) is 13.7. The Morgan fingerprint density at radius 2 is 1.83 bits per heavy atom. The van der Waals surface area contributed by atoms with Crippen molar-refractivity contribution in [2.45, 2.75) is 19.0 Å². The van der Waals surface area contributed by atoms with Crippen LogP contribution < -0.4 is 5.32 Å². The molecule has 2 aromatic rings. The van der Waals surface area contributed by atoms with Gasteiger partial charge in [-0.25, -0.2) is 4.79 Å². The Kier molecular flexibility index (Phi) is 4.00. The van der Waals surface area contributed by atoms with Gasteiger partial charge in [-0.05, 0) is 24.6 Å². The minimum absolute atomic E-state index is 0.0362. The molecule has 0 unspecified atom stereocenters. The van der Waals surface area contributed by atoms with Crippen LogP contribution in [-0.4, -0.2) is 16.8 Å². The Hall–Kier alpha value is -2.84. The molecule has 1 atom stereocenters. The van der Waals surface area contributed by atoms with Gasteiger partial charge in [-0.3, -0.25) is 9.69 Å². The standard InChI is InChI=1S/C18H14ClN3O2/c1-18(14-8-4-5-9-15(14)19)16(23)22(17(24)21-18)11-13-7-3-2-6-12(13)10-20/h2-9H,11H2,1H3,(H,21,24)/t18-/m0/s1. The lowest BCUT2D eigenvalue weighted by Crippen LogP contribution is -2.41. The van der Waals surface area contributed by atoms with Crippen LogP contribution in [0.3, 0.4) is 0 Å². The molecule has 2 aromatic carbocycles. The van der Waals surface area contributed by atoms with E-state index in [4.69, 9.17) is 16.9 Å². The topological polar surface area (TPSA) is 73.2 Å². The van der Waals surface area contributed by atoms with Crippen LogP contribution in [-0.2, 0) is 16.9 Å². The van der Waals surface area contributed by atoms with Gasteiger partial charge < -0.3 is 5.32 Å². The summed E-state index contributed by atoms with van der Waals surface area (Å²) in [5, 5.41) is 12.3. The third-order valence-corrected chi connectivity index (χ3v) is 4.48. The molecule has 3 rings (SSSR count). The minimum atomic E-state index is -1.23. The van der Waals surface area contributed by atoms with Crippen LogP contribution in [0.5, 0.6) is 0 Å². The number of urea groups is 1. The zero-order valence-electron chi connectivity index (χ0n) is 12.9. The molecule has 0 aromatic heterocycles. The maximum atomic E-state index is 12.9. The summed E-state index contributed by atoms with van der Waals surface area (Å²) >= 11 is 6.20. The first kappa shape index (κ1) is 16.0. The van der Waals surface area contributed by atoms with E-state index in [9.17, 15) is 9.59 Å². The van der Waals surface area contributed by atoms with Crippen LogP contribution in [0.25, 0.3) is 0 Å². The summed E-state index contributed by atoms with van der Waals surface area (Å²) in [6.07, 6.45) is 0. The summed E-state index contributed by atoms with van der Waals surface area (Å²) in [5.74, 6) is -0.395. The van der Waals surface area contributed by atoms with Crippen LogP contribution in [0.4, 0.5) is 4.79 Å². The Bertz CT molecular complexity index is 875. The molecule has 5 nitrogen and oxygen atoms in total. The molecular formula is C18H14ClN3O2. The number of halogens is 1. The zero-order chi connectivity index (χ0) is 17.3. The Morgan fingerprint density at radius 1 is 1.17 bits per heavy atom. The molecule has 120 valence electrons. The van der Waals surface area contributed by atoms with Gasteiger partial charge in [0.25, 0.3) is 5.91 Å². The van der Waals surface area contributed by atoms with E-state index in [1.165, 1.54) is 0 Å². The van der Waals surface area contributed by atoms with Gasteiger partial charge in [-0.1, -0.05) is 48.0 Å². The monoisotopic (exact) mass is 339 g/mol. The van der Waals surface area contributed by atoms with Gasteiger partial charge in [0.2, 0.25) is 0 Å². The first-order valence-electron chi connectivity index (χ1n) is 7.34. The van der Waals surface area contributed by atoms with E-state index >= 15 is 0 Å². The average Bonchev–Trinajstić information content (AvgIpc) is 2.80. The summed E-state index contributed by atoms with van der Waals surface area (Å²) in [4.78, 5) is 26.4. The van der Waals surface area contributed by atoms with Crippen LogP contribution >= 0.6 is 11.6 Å². The van der Waals surface area contributed by atoms with Crippen molar-refractivity contribution in [2.75, 3.05) is 0 Å². The van der Waals surface area contributed by atoms with E-state index in [1.807, 2.05) is 0 Å².